The van der Waals surface area contributed by atoms with E-state index in [0.717, 1.165) is 0 Å². The number of rotatable bonds is 3. The molecule has 3 heteroatoms. The van der Waals surface area contributed by atoms with Crippen LogP contribution in [0.15, 0.2) is 24.3 Å². The molecule has 1 nitrogen and oxygen atoms in total. The topological polar surface area (TPSA) is 17.1 Å². The molecule has 12 heavy (non-hydrogen) atoms. The first-order valence-corrected chi connectivity index (χ1v) is 4.50. The summed E-state index contributed by atoms with van der Waals surface area (Å²) < 4.78 is 0. The minimum Gasteiger partial charge on any atom is -0.294 e. The van der Waals surface area contributed by atoms with Crippen molar-refractivity contribution >= 4 is 29.0 Å². The molecule has 1 rings (SSSR count). The second-order valence-corrected chi connectivity index (χ2v) is 3.19. The van der Waals surface area contributed by atoms with Gasteiger partial charge < -0.3 is 0 Å². The predicted octanol–water partition coefficient (Wildman–Crippen LogP) is 3.15. The van der Waals surface area contributed by atoms with Gasteiger partial charge >= 0.3 is 0 Å². The number of carbonyl (C=O) groups is 1. The SMILES string of the molecule is O=C(CCCl)c1cccc(Cl)c1. The zero-order valence-electron chi connectivity index (χ0n) is 6.39. The summed E-state index contributed by atoms with van der Waals surface area (Å²) in [6.07, 6.45) is 0.363. The molecule has 0 aliphatic heterocycles. The highest BCUT2D eigenvalue weighted by Gasteiger charge is 2.03. The molecule has 0 bridgehead atoms. The van der Waals surface area contributed by atoms with Gasteiger partial charge in [0.25, 0.3) is 0 Å². The standard InChI is InChI=1S/C9H8Cl2O/c10-5-4-9(12)7-2-1-3-8(11)6-7/h1-3,6H,4-5H2. The lowest BCUT2D eigenvalue weighted by molar-refractivity contribution is 0.0989. The van der Waals surface area contributed by atoms with E-state index in [-0.39, 0.29) is 5.78 Å². The van der Waals surface area contributed by atoms with Crippen LogP contribution in [0.2, 0.25) is 5.02 Å². The zero-order chi connectivity index (χ0) is 8.97. The van der Waals surface area contributed by atoms with Crippen LogP contribution in [0.4, 0.5) is 0 Å². The Balaban J connectivity index is 2.81. The summed E-state index contributed by atoms with van der Waals surface area (Å²) in [6.45, 7) is 0. The van der Waals surface area contributed by atoms with Crippen LogP contribution in [0, 0.1) is 0 Å². The number of hydrogen-bond acceptors (Lipinski definition) is 1. The monoisotopic (exact) mass is 202 g/mol. The molecule has 0 aromatic heterocycles. The average molecular weight is 203 g/mol. The Morgan fingerprint density at radius 2 is 2.17 bits per heavy atom. The van der Waals surface area contributed by atoms with Crippen LogP contribution < -0.4 is 0 Å². The van der Waals surface area contributed by atoms with Gasteiger partial charge in [0.2, 0.25) is 0 Å². The molecule has 1 aromatic rings. The number of halogens is 2. The summed E-state index contributed by atoms with van der Waals surface area (Å²) in [5.41, 5.74) is 0.628. The summed E-state index contributed by atoms with van der Waals surface area (Å²) in [5, 5.41) is 0.579. The lowest BCUT2D eigenvalue weighted by atomic mass is 10.1. The molecule has 0 unspecified atom stereocenters. The fourth-order valence-corrected chi connectivity index (χ4v) is 1.25. The number of ketones is 1. The summed E-state index contributed by atoms with van der Waals surface area (Å²) >= 11 is 11.1. The fourth-order valence-electron chi connectivity index (χ4n) is 0.892. The smallest absolute Gasteiger partial charge is 0.164 e. The molecule has 0 spiro atoms. The van der Waals surface area contributed by atoms with Crippen LogP contribution in [0.3, 0.4) is 0 Å². The first kappa shape index (κ1) is 9.56. The van der Waals surface area contributed by atoms with Gasteiger partial charge in [-0.1, -0.05) is 23.7 Å². The Bertz CT molecular complexity index is 284. The van der Waals surface area contributed by atoms with Crippen molar-refractivity contribution in [3.8, 4) is 0 Å². The Labute approximate surface area is 81.3 Å². The van der Waals surface area contributed by atoms with Crippen molar-refractivity contribution in [2.45, 2.75) is 6.42 Å². The van der Waals surface area contributed by atoms with E-state index in [1.165, 1.54) is 0 Å². The van der Waals surface area contributed by atoms with Crippen molar-refractivity contribution in [3.05, 3.63) is 34.9 Å². The van der Waals surface area contributed by atoms with E-state index >= 15 is 0 Å². The van der Waals surface area contributed by atoms with E-state index < -0.39 is 0 Å². The third-order valence-corrected chi connectivity index (χ3v) is 1.89. The number of carbonyl (C=O) groups excluding carboxylic acids is 1. The van der Waals surface area contributed by atoms with E-state index in [1.807, 2.05) is 0 Å². The first-order valence-electron chi connectivity index (χ1n) is 3.59. The maximum atomic E-state index is 11.3. The third kappa shape index (κ3) is 2.50. The molecular weight excluding hydrogens is 195 g/mol. The number of benzene rings is 1. The number of Topliss-reactive ketones (excluding diaryl/α,β-unsaturated/α-hetero) is 1. The second kappa shape index (κ2) is 4.48. The average Bonchev–Trinajstić information content (AvgIpc) is 2.05. The quantitative estimate of drug-likeness (QED) is 0.544. The normalized spacial score (nSPS) is 9.83. The predicted molar refractivity (Wildman–Crippen MR) is 51.1 cm³/mol. The third-order valence-electron chi connectivity index (χ3n) is 1.47. The Morgan fingerprint density at radius 3 is 2.75 bits per heavy atom. The lowest BCUT2D eigenvalue weighted by Crippen LogP contribution is -1.98. The highest BCUT2D eigenvalue weighted by atomic mass is 35.5. The van der Waals surface area contributed by atoms with Gasteiger partial charge in [0.1, 0.15) is 0 Å². The van der Waals surface area contributed by atoms with Crippen molar-refractivity contribution in [2.24, 2.45) is 0 Å². The molecule has 1 aromatic carbocycles. The van der Waals surface area contributed by atoms with E-state index in [2.05, 4.69) is 0 Å². The molecule has 0 N–H and O–H groups in total. The molecule has 0 aliphatic rings. The molecule has 0 saturated carbocycles. The van der Waals surface area contributed by atoms with Crippen molar-refractivity contribution in [1.82, 2.24) is 0 Å². The molecule has 0 heterocycles. The van der Waals surface area contributed by atoms with E-state index in [1.54, 1.807) is 24.3 Å². The molecular formula is C9H8Cl2O. The van der Waals surface area contributed by atoms with Crippen LogP contribution >= 0.6 is 23.2 Å². The van der Waals surface area contributed by atoms with Gasteiger partial charge in [-0.3, -0.25) is 4.79 Å². The van der Waals surface area contributed by atoms with Gasteiger partial charge in [0.05, 0.1) is 0 Å². The van der Waals surface area contributed by atoms with Crippen molar-refractivity contribution in [1.29, 1.82) is 0 Å². The summed E-state index contributed by atoms with van der Waals surface area (Å²) in [4.78, 5) is 11.3. The second-order valence-electron chi connectivity index (χ2n) is 2.37. The Hall–Kier alpha value is -0.530. The zero-order valence-corrected chi connectivity index (χ0v) is 7.90. The maximum Gasteiger partial charge on any atom is 0.164 e. The van der Waals surface area contributed by atoms with Gasteiger partial charge in [-0.25, -0.2) is 0 Å². The fraction of sp³-hybridized carbons (Fsp3) is 0.222. The molecule has 0 saturated heterocycles. The van der Waals surface area contributed by atoms with Crippen LogP contribution in [-0.4, -0.2) is 11.7 Å². The van der Waals surface area contributed by atoms with Crippen molar-refractivity contribution in [2.75, 3.05) is 5.88 Å². The van der Waals surface area contributed by atoms with E-state index in [9.17, 15) is 4.79 Å². The van der Waals surface area contributed by atoms with E-state index in [4.69, 9.17) is 23.2 Å². The van der Waals surface area contributed by atoms with Crippen LogP contribution in [-0.2, 0) is 0 Å². The summed E-state index contributed by atoms with van der Waals surface area (Å²) in [5.74, 6) is 0.387. The van der Waals surface area contributed by atoms with Crippen LogP contribution in [0.25, 0.3) is 0 Å². The van der Waals surface area contributed by atoms with Crippen LogP contribution in [0.5, 0.6) is 0 Å². The molecule has 64 valence electrons. The van der Waals surface area contributed by atoms with E-state index in [0.29, 0.717) is 22.9 Å². The minimum absolute atomic E-state index is 0.0347. The van der Waals surface area contributed by atoms with Crippen molar-refractivity contribution in [3.63, 3.8) is 0 Å². The largest absolute Gasteiger partial charge is 0.294 e. The van der Waals surface area contributed by atoms with Gasteiger partial charge in [0.15, 0.2) is 5.78 Å². The van der Waals surface area contributed by atoms with Gasteiger partial charge in [0, 0.05) is 22.9 Å². The Morgan fingerprint density at radius 1 is 1.42 bits per heavy atom. The van der Waals surface area contributed by atoms with Crippen molar-refractivity contribution < 1.29 is 4.79 Å². The van der Waals surface area contributed by atoms with Gasteiger partial charge in [-0.05, 0) is 12.1 Å². The minimum atomic E-state index is 0.0347. The summed E-state index contributed by atoms with van der Waals surface area (Å²) in [7, 11) is 0. The van der Waals surface area contributed by atoms with Gasteiger partial charge in [-0.2, -0.15) is 0 Å². The molecule has 0 amide bonds. The number of alkyl halides is 1. The highest BCUT2D eigenvalue weighted by Crippen LogP contribution is 2.12. The van der Waals surface area contributed by atoms with Gasteiger partial charge in [-0.15, -0.1) is 11.6 Å². The molecule has 0 aliphatic carbocycles. The highest BCUT2D eigenvalue weighted by molar-refractivity contribution is 6.31. The van der Waals surface area contributed by atoms with Crippen LogP contribution in [0.1, 0.15) is 16.8 Å². The molecule has 0 radical (unpaired) electrons. The molecule has 0 fully saturated rings. The first-order chi connectivity index (χ1) is 5.74. The lowest BCUT2D eigenvalue weighted by Gasteiger charge is -1.97. The summed E-state index contributed by atoms with van der Waals surface area (Å²) in [6, 6.07) is 6.88. The number of hydrogen-bond donors (Lipinski definition) is 0. The molecule has 0 atom stereocenters. The Kier molecular flexibility index (Phi) is 3.57. The maximum absolute atomic E-state index is 11.3.